The predicted molar refractivity (Wildman–Crippen MR) is 75.1 cm³/mol. The smallest absolute Gasteiger partial charge is 0.138 e. The molecule has 2 aliphatic rings. The van der Waals surface area contributed by atoms with Crippen molar-refractivity contribution < 1.29 is 5.11 Å². The van der Waals surface area contributed by atoms with Gasteiger partial charge in [0.1, 0.15) is 18.0 Å². The number of fused-ring (bicyclic) bond motifs is 2. The molecule has 2 unspecified atom stereocenters. The van der Waals surface area contributed by atoms with Gasteiger partial charge in [-0.05, 0) is 31.6 Å². The topological polar surface area (TPSA) is 75.3 Å². The van der Waals surface area contributed by atoms with Gasteiger partial charge in [0, 0.05) is 17.6 Å². The highest BCUT2D eigenvalue weighted by Crippen LogP contribution is 2.41. The summed E-state index contributed by atoms with van der Waals surface area (Å²) in [7, 11) is 0. The van der Waals surface area contributed by atoms with Crippen molar-refractivity contribution in [1.82, 2.24) is 9.97 Å². The van der Waals surface area contributed by atoms with Crippen molar-refractivity contribution in [3.8, 4) is 0 Å². The number of nitrogen functional groups attached to an aromatic ring is 1. The van der Waals surface area contributed by atoms with Crippen molar-refractivity contribution in [2.75, 3.05) is 10.6 Å². The minimum atomic E-state index is -0.157. The normalized spacial score (nSPS) is 30.1. The third-order valence-corrected chi connectivity index (χ3v) is 4.42. The molecule has 2 fully saturated rings. The van der Waals surface area contributed by atoms with Gasteiger partial charge in [-0.2, -0.15) is 0 Å². The van der Waals surface area contributed by atoms with E-state index in [-0.39, 0.29) is 6.10 Å². The van der Waals surface area contributed by atoms with E-state index in [1.165, 1.54) is 0 Å². The van der Waals surface area contributed by atoms with E-state index >= 15 is 0 Å². The lowest BCUT2D eigenvalue weighted by atomic mass is 9.97. The molecular formula is C14H22N4O. The molecule has 1 aromatic rings. The van der Waals surface area contributed by atoms with Gasteiger partial charge in [-0.25, -0.2) is 9.97 Å². The fraction of sp³-hybridized carbons (Fsp3) is 0.714. The van der Waals surface area contributed by atoms with Gasteiger partial charge >= 0.3 is 0 Å². The first-order valence-corrected chi connectivity index (χ1v) is 7.14. The standard InChI is InChI=1S/C14H22N4O/c1-8(2)12-13(15)16-7-17-14(12)18-9-3-4-10(18)6-11(19)5-9/h7-11,19H,3-6H2,1-2H3,(H2,15,16,17). The number of nitrogens with zero attached hydrogens (tertiary/aromatic N) is 3. The van der Waals surface area contributed by atoms with Crippen LogP contribution in [0.15, 0.2) is 6.33 Å². The molecule has 2 bridgehead atoms. The largest absolute Gasteiger partial charge is 0.393 e. The number of hydrogen-bond donors (Lipinski definition) is 2. The summed E-state index contributed by atoms with van der Waals surface area (Å²) in [4.78, 5) is 11.0. The molecule has 5 heteroatoms. The summed E-state index contributed by atoms with van der Waals surface area (Å²) in [5.41, 5.74) is 7.09. The third-order valence-electron chi connectivity index (χ3n) is 4.42. The molecule has 19 heavy (non-hydrogen) atoms. The van der Waals surface area contributed by atoms with Crippen LogP contribution in [-0.4, -0.2) is 33.3 Å². The van der Waals surface area contributed by atoms with Crippen molar-refractivity contribution >= 4 is 11.6 Å². The summed E-state index contributed by atoms with van der Waals surface area (Å²) in [5, 5.41) is 9.90. The summed E-state index contributed by atoms with van der Waals surface area (Å²) < 4.78 is 0. The van der Waals surface area contributed by atoms with Gasteiger partial charge in [-0.1, -0.05) is 13.8 Å². The molecule has 2 atom stereocenters. The second-order valence-corrected chi connectivity index (χ2v) is 6.07. The fourth-order valence-corrected chi connectivity index (χ4v) is 3.65. The number of anilines is 2. The van der Waals surface area contributed by atoms with E-state index < -0.39 is 0 Å². The first-order valence-electron chi connectivity index (χ1n) is 7.14. The zero-order chi connectivity index (χ0) is 13.6. The lowest BCUT2D eigenvalue weighted by Gasteiger charge is -2.39. The Labute approximate surface area is 113 Å². The summed E-state index contributed by atoms with van der Waals surface area (Å²) in [6, 6.07) is 0.807. The van der Waals surface area contributed by atoms with Crippen LogP contribution in [-0.2, 0) is 0 Å². The number of rotatable bonds is 2. The zero-order valence-corrected chi connectivity index (χ0v) is 11.6. The molecule has 3 rings (SSSR count). The summed E-state index contributed by atoms with van der Waals surface area (Å²) in [5.74, 6) is 1.88. The Morgan fingerprint density at radius 1 is 1.26 bits per heavy atom. The number of nitrogens with two attached hydrogens (primary N) is 1. The van der Waals surface area contributed by atoms with Gasteiger partial charge in [0.25, 0.3) is 0 Å². The Hall–Kier alpha value is -1.36. The van der Waals surface area contributed by atoms with E-state index in [9.17, 15) is 5.11 Å². The quantitative estimate of drug-likeness (QED) is 0.848. The first-order chi connectivity index (χ1) is 9.08. The lowest BCUT2D eigenvalue weighted by Crippen LogP contribution is -2.45. The lowest BCUT2D eigenvalue weighted by molar-refractivity contribution is 0.126. The highest BCUT2D eigenvalue weighted by molar-refractivity contribution is 5.60. The second-order valence-electron chi connectivity index (χ2n) is 6.07. The number of aliphatic hydroxyl groups excluding tert-OH is 1. The zero-order valence-electron chi connectivity index (χ0n) is 11.6. The molecule has 2 aliphatic heterocycles. The number of aromatic nitrogens is 2. The van der Waals surface area contributed by atoms with E-state index in [1.807, 2.05) is 0 Å². The highest BCUT2D eigenvalue weighted by Gasteiger charge is 2.42. The van der Waals surface area contributed by atoms with Crippen molar-refractivity contribution in [2.45, 2.75) is 63.6 Å². The Bertz CT molecular complexity index is 463. The molecule has 104 valence electrons. The molecule has 3 N–H and O–H groups in total. The first kappa shape index (κ1) is 12.7. The van der Waals surface area contributed by atoms with Gasteiger partial charge in [0.2, 0.25) is 0 Å². The van der Waals surface area contributed by atoms with Gasteiger partial charge < -0.3 is 15.7 Å². The molecular weight excluding hydrogens is 240 g/mol. The van der Waals surface area contributed by atoms with Gasteiger partial charge in [0.05, 0.1) is 6.10 Å². The molecule has 0 amide bonds. The molecule has 2 saturated heterocycles. The molecule has 1 aromatic heterocycles. The summed E-state index contributed by atoms with van der Waals surface area (Å²) in [6.07, 6.45) is 5.37. The predicted octanol–water partition coefficient (Wildman–Crippen LogP) is 1.67. The fourth-order valence-electron chi connectivity index (χ4n) is 3.65. The van der Waals surface area contributed by atoms with Gasteiger partial charge in [-0.3, -0.25) is 0 Å². The maximum Gasteiger partial charge on any atom is 0.138 e. The highest BCUT2D eigenvalue weighted by atomic mass is 16.3. The van der Waals surface area contributed by atoms with Crippen LogP contribution in [0.25, 0.3) is 0 Å². The van der Waals surface area contributed by atoms with Crippen molar-refractivity contribution in [3.63, 3.8) is 0 Å². The van der Waals surface area contributed by atoms with Crippen molar-refractivity contribution in [2.24, 2.45) is 0 Å². The average Bonchev–Trinajstić information content (AvgIpc) is 2.60. The number of hydrogen-bond acceptors (Lipinski definition) is 5. The minimum Gasteiger partial charge on any atom is -0.393 e. The van der Waals surface area contributed by atoms with Gasteiger partial charge in [0.15, 0.2) is 0 Å². The maximum absolute atomic E-state index is 9.90. The summed E-state index contributed by atoms with van der Waals surface area (Å²) in [6.45, 7) is 4.25. The monoisotopic (exact) mass is 262 g/mol. The van der Waals surface area contributed by atoms with Crippen LogP contribution in [0.3, 0.4) is 0 Å². The Morgan fingerprint density at radius 2 is 1.89 bits per heavy atom. The van der Waals surface area contributed by atoms with Crippen LogP contribution in [0.1, 0.15) is 51.0 Å². The van der Waals surface area contributed by atoms with Crippen LogP contribution >= 0.6 is 0 Å². The Kier molecular flexibility index (Phi) is 3.09. The number of piperidine rings is 1. The summed E-state index contributed by atoms with van der Waals surface area (Å²) >= 11 is 0. The molecule has 0 aromatic carbocycles. The molecule has 3 heterocycles. The molecule has 5 nitrogen and oxygen atoms in total. The minimum absolute atomic E-state index is 0.157. The van der Waals surface area contributed by atoms with Crippen LogP contribution in [0.2, 0.25) is 0 Å². The average molecular weight is 262 g/mol. The van der Waals surface area contributed by atoms with E-state index in [0.29, 0.717) is 23.8 Å². The van der Waals surface area contributed by atoms with Crippen LogP contribution < -0.4 is 10.6 Å². The van der Waals surface area contributed by atoms with Crippen LogP contribution in [0.4, 0.5) is 11.6 Å². The second kappa shape index (κ2) is 4.63. The molecule has 0 radical (unpaired) electrons. The molecule has 0 saturated carbocycles. The Morgan fingerprint density at radius 3 is 2.47 bits per heavy atom. The van der Waals surface area contributed by atoms with E-state index in [2.05, 4.69) is 28.7 Å². The molecule has 0 aliphatic carbocycles. The maximum atomic E-state index is 9.90. The Balaban J connectivity index is 2.01. The van der Waals surface area contributed by atoms with E-state index in [1.54, 1.807) is 6.33 Å². The SMILES string of the molecule is CC(C)c1c(N)ncnc1N1C2CCC1CC(O)C2. The third kappa shape index (κ3) is 2.06. The molecule has 0 spiro atoms. The van der Waals surface area contributed by atoms with Gasteiger partial charge in [-0.15, -0.1) is 0 Å². The van der Waals surface area contributed by atoms with Crippen LogP contribution in [0.5, 0.6) is 0 Å². The van der Waals surface area contributed by atoms with Crippen molar-refractivity contribution in [3.05, 3.63) is 11.9 Å². The van der Waals surface area contributed by atoms with E-state index in [0.717, 1.165) is 37.1 Å². The van der Waals surface area contributed by atoms with Crippen molar-refractivity contribution in [1.29, 1.82) is 0 Å². The van der Waals surface area contributed by atoms with Crippen LogP contribution in [0, 0.1) is 0 Å². The number of aliphatic hydroxyl groups is 1. The van der Waals surface area contributed by atoms with E-state index in [4.69, 9.17) is 5.73 Å².